The third kappa shape index (κ3) is 24.4. The van der Waals surface area contributed by atoms with E-state index in [9.17, 15) is 10.2 Å². The smallest absolute Gasteiger partial charge is 0.162 e. The van der Waals surface area contributed by atoms with Crippen LogP contribution in [-0.2, 0) is 0 Å². The number of hydrogen-bond donors (Lipinski definition) is 2. The van der Waals surface area contributed by atoms with Crippen LogP contribution >= 0.6 is 0 Å². The summed E-state index contributed by atoms with van der Waals surface area (Å²) in [5.41, 5.74) is 0.365. The Labute approximate surface area is 276 Å². The van der Waals surface area contributed by atoms with Crippen molar-refractivity contribution >= 4 is 0 Å². The molecule has 44 heavy (non-hydrogen) atoms. The zero-order valence-electron chi connectivity index (χ0n) is 30.1. The van der Waals surface area contributed by atoms with Gasteiger partial charge in [0.15, 0.2) is 5.79 Å². The average Bonchev–Trinajstić information content (AvgIpc) is 3.01. The van der Waals surface area contributed by atoms with Crippen LogP contribution in [0, 0.1) is 11.3 Å². The van der Waals surface area contributed by atoms with E-state index < -0.39 is 5.79 Å². The molecule has 0 saturated heterocycles. The van der Waals surface area contributed by atoms with Crippen LogP contribution in [0.4, 0.5) is 0 Å². The van der Waals surface area contributed by atoms with Gasteiger partial charge in [-0.3, -0.25) is 0 Å². The van der Waals surface area contributed by atoms with E-state index in [0.29, 0.717) is 18.3 Å². The van der Waals surface area contributed by atoms with E-state index in [1.165, 1.54) is 161 Å². The van der Waals surface area contributed by atoms with Crippen LogP contribution in [0.5, 0.6) is 0 Å². The van der Waals surface area contributed by atoms with Crippen molar-refractivity contribution in [2.45, 2.75) is 219 Å². The summed E-state index contributed by atoms with van der Waals surface area (Å²) < 4.78 is 0. The second kappa shape index (κ2) is 28.4. The lowest BCUT2D eigenvalue weighted by Crippen LogP contribution is -2.39. The molecule has 1 saturated carbocycles. The maximum atomic E-state index is 10.2. The Morgan fingerprint density at radius 3 is 1.45 bits per heavy atom. The van der Waals surface area contributed by atoms with Gasteiger partial charge in [-0.05, 0) is 88.4 Å². The van der Waals surface area contributed by atoms with E-state index in [2.05, 4.69) is 57.2 Å². The van der Waals surface area contributed by atoms with Crippen molar-refractivity contribution in [3.63, 3.8) is 0 Å². The molecule has 258 valence electrons. The standard InChI is InChI=1S/C42H78O2/c1-4-6-8-10-12-13-14-15-16-17-18-19-20-22-26-30-34-41(36-38-42(43,44)39-37-41)35-31-27-23-21-25-29-33-40(3)32-28-24-11-9-7-5-2/h12-13,15-16,24,28,40,43-44H,4-11,14,17-23,25-27,29-39H2,1-3H3/b13-12-,16-15-,28-24-. The first-order valence-electron chi connectivity index (χ1n) is 19.8. The van der Waals surface area contributed by atoms with Crippen molar-refractivity contribution in [1.82, 2.24) is 0 Å². The van der Waals surface area contributed by atoms with Crippen molar-refractivity contribution in [1.29, 1.82) is 0 Å². The summed E-state index contributed by atoms with van der Waals surface area (Å²) in [6.45, 7) is 6.96. The summed E-state index contributed by atoms with van der Waals surface area (Å²) >= 11 is 0. The Kier molecular flexibility index (Phi) is 26.5. The third-order valence-electron chi connectivity index (χ3n) is 10.4. The van der Waals surface area contributed by atoms with Crippen LogP contribution in [0.25, 0.3) is 0 Å². The molecular weight excluding hydrogens is 536 g/mol. The predicted octanol–water partition coefficient (Wildman–Crippen LogP) is 13.7. The maximum Gasteiger partial charge on any atom is 0.162 e. The molecule has 2 N–H and O–H groups in total. The van der Waals surface area contributed by atoms with Gasteiger partial charge in [-0.15, -0.1) is 0 Å². The molecule has 0 bridgehead atoms. The normalized spacial score (nSPS) is 17.4. The fourth-order valence-electron chi connectivity index (χ4n) is 7.07. The zero-order chi connectivity index (χ0) is 32.0. The van der Waals surface area contributed by atoms with Gasteiger partial charge in [0.05, 0.1) is 0 Å². The minimum atomic E-state index is -1.41. The molecular formula is C42H78O2. The number of allylic oxidation sites excluding steroid dienone is 6. The zero-order valence-corrected chi connectivity index (χ0v) is 30.1. The second-order valence-electron chi connectivity index (χ2n) is 14.8. The highest BCUT2D eigenvalue weighted by Gasteiger charge is 2.39. The van der Waals surface area contributed by atoms with E-state index in [4.69, 9.17) is 0 Å². The van der Waals surface area contributed by atoms with Gasteiger partial charge < -0.3 is 10.2 Å². The van der Waals surface area contributed by atoms with Crippen LogP contribution in [0.15, 0.2) is 36.5 Å². The number of rotatable bonds is 30. The Hall–Kier alpha value is -0.860. The Morgan fingerprint density at radius 1 is 0.500 bits per heavy atom. The van der Waals surface area contributed by atoms with Crippen LogP contribution in [0.1, 0.15) is 213 Å². The molecule has 1 atom stereocenters. The minimum absolute atomic E-state index is 0.365. The van der Waals surface area contributed by atoms with Crippen LogP contribution in [-0.4, -0.2) is 16.0 Å². The Morgan fingerprint density at radius 2 is 0.932 bits per heavy atom. The van der Waals surface area contributed by atoms with Crippen molar-refractivity contribution in [3.8, 4) is 0 Å². The Balaban J connectivity index is 2.11. The van der Waals surface area contributed by atoms with E-state index in [1.807, 2.05) is 0 Å². The van der Waals surface area contributed by atoms with Crippen LogP contribution in [0.3, 0.4) is 0 Å². The van der Waals surface area contributed by atoms with Crippen molar-refractivity contribution in [2.24, 2.45) is 11.3 Å². The fourth-order valence-corrected chi connectivity index (χ4v) is 7.07. The molecule has 2 nitrogen and oxygen atoms in total. The van der Waals surface area contributed by atoms with E-state index >= 15 is 0 Å². The molecule has 0 aromatic rings. The first-order chi connectivity index (χ1) is 21.4. The number of aliphatic hydroxyl groups is 2. The molecule has 1 unspecified atom stereocenters. The topological polar surface area (TPSA) is 40.5 Å². The molecule has 0 radical (unpaired) electrons. The van der Waals surface area contributed by atoms with Gasteiger partial charge in [0, 0.05) is 12.8 Å². The lowest BCUT2D eigenvalue weighted by atomic mass is 9.66. The van der Waals surface area contributed by atoms with Gasteiger partial charge in [0.25, 0.3) is 0 Å². The van der Waals surface area contributed by atoms with Crippen molar-refractivity contribution < 1.29 is 10.2 Å². The van der Waals surface area contributed by atoms with E-state index in [0.717, 1.165) is 25.2 Å². The first kappa shape index (κ1) is 41.2. The molecule has 2 heteroatoms. The van der Waals surface area contributed by atoms with Gasteiger partial charge in [0.1, 0.15) is 0 Å². The molecule has 0 aromatic heterocycles. The molecule has 0 amide bonds. The molecule has 0 aromatic carbocycles. The highest BCUT2D eigenvalue weighted by atomic mass is 16.5. The van der Waals surface area contributed by atoms with Crippen molar-refractivity contribution in [3.05, 3.63) is 36.5 Å². The predicted molar refractivity (Wildman–Crippen MR) is 196 cm³/mol. The molecule has 1 aliphatic carbocycles. The molecule has 0 spiro atoms. The van der Waals surface area contributed by atoms with Gasteiger partial charge in [-0.2, -0.15) is 0 Å². The summed E-state index contributed by atoms with van der Waals surface area (Å²) in [7, 11) is 0. The third-order valence-corrected chi connectivity index (χ3v) is 10.4. The largest absolute Gasteiger partial charge is 0.366 e. The van der Waals surface area contributed by atoms with Crippen LogP contribution in [0.2, 0.25) is 0 Å². The summed E-state index contributed by atoms with van der Waals surface area (Å²) in [4.78, 5) is 0. The minimum Gasteiger partial charge on any atom is -0.366 e. The quantitative estimate of drug-likeness (QED) is 0.0480. The van der Waals surface area contributed by atoms with Gasteiger partial charge in [-0.1, -0.05) is 160 Å². The summed E-state index contributed by atoms with van der Waals surface area (Å²) in [5, 5.41) is 20.4. The lowest BCUT2D eigenvalue weighted by Gasteiger charge is -2.42. The molecule has 0 aliphatic heterocycles. The highest BCUT2D eigenvalue weighted by molar-refractivity contribution is 4.93. The van der Waals surface area contributed by atoms with Gasteiger partial charge >= 0.3 is 0 Å². The second-order valence-corrected chi connectivity index (χ2v) is 14.8. The maximum absolute atomic E-state index is 10.2. The molecule has 0 heterocycles. The summed E-state index contributed by atoms with van der Waals surface area (Å²) in [5.74, 6) is -0.585. The molecule has 1 rings (SSSR count). The fraction of sp³-hybridized carbons (Fsp3) is 0.857. The van der Waals surface area contributed by atoms with Crippen molar-refractivity contribution in [2.75, 3.05) is 0 Å². The van der Waals surface area contributed by atoms with Crippen LogP contribution < -0.4 is 0 Å². The Bertz CT molecular complexity index is 693. The SMILES string of the molecule is CCCCC/C=C\C/C=C\CCCCCCCCC1(CCCCCCCCC(C)C/C=C\CCCCC)CCC(O)(O)CC1. The monoisotopic (exact) mass is 615 g/mol. The van der Waals surface area contributed by atoms with Gasteiger partial charge in [0.2, 0.25) is 0 Å². The molecule has 1 fully saturated rings. The lowest BCUT2D eigenvalue weighted by molar-refractivity contribution is -0.197. The highest BCUT2D eigenvalue weighted by Crippen LogP contribution is 2.47. The molecule has 1 aliphatic rings. The first-order valence-corrected chi connectivity index (χ1v) is 19.8. The van der Waals surface area contributed by atoms with E-state index in [1.54, 1.807) is 0 Å². The summed E-state index contributed by atoms with van der Waals surface area (Å²) in [6.07, 6.45) is 51.7. The van der Waals surface area contributed by atoms with Gasteiger partial charge in [-0.25, -0.2) is 0 Å². The van der Waals surface area contributed by atoms with E-state index in [-0.39, 0.29) is 0 Å². The number of unbranched alkanes of at least 4 members (excludes halogenated alkanes) is 17. The summed E-state index contributed by atoms with van der Waals surface area (Å²) in [6, 6.07) is 0. The number of hydrogen-bond acceptors (Lipinski definition) is 2. The average molecular weight is 615 g/mol.